The Kier molecular flexibility index (Phi) is 5.23. The topological polar surface area (TPSA) is 18.5 Å². The molecule has 0 bridgehead atoms. The lowest BCUT2D eigenvalue weighted by Crippen LogP contribution is -2.55. The molecule has 1 aliphatic carbocycles. The van der Waals surface area contributed by atoms with Crippen molar-refractivity contribution in [2.45, 2.75) is 70.4 Å². The highest BCUT2D eigenvalue weighted by molar-refractivity contribution is 6.72. The minimum atomic E-state index is -2.12. The normalized spacial score (nSPS) is 20.8. The highest BCUT2D eigenvalue weighted by Crippen LogP contribution is 2.55. The second-order valence-electron chi connectivity index (χ2n) is 6.09. The maximum Gasteiger partial charge on any atom is 0.346 e. The Morgan fingerprint density at radius 2 is 1.65 bits per heavy atom. The summed E-state index contributed by atoms with van der Waals surface area (Å²) in [5, 5.41) is 0.181. The SMILES string of the molecule is CCC(C)C(C)(C)[Si](OC)(OC)C1CCCC1. The molecule has 1 unspecified atom stereocenters. The minimum Gasteiger partial charge on any atom is -0.397 e. The van der Waals surface area contributed by atoms with Crippen molar-refractivity contribution in [3.63, 3.8) is 0 Å². The van der Waals surface area contributed by atoms with Crippen LogP contribution in [0.4, 0.5) is 0 Å². The molecule has 1 rings (SSSR count). The van der Waals surface area contributed by atoms with Crippen molar-refractivity contribution >= 4 is 8.56 Å². The first kappa shape index (κ1) is 15.2. The fourth-order valence-corrected chi connectivity index (χ4v) is 8.63. The van der Waals surface area contributed by atoms with E-state index in [2.05, 4.69) is 27.7 Å². The summed E-state index contributed by atoms with van der Waals surface area (Å²) in [6.45, 7) is 9.33. The predicted molar refractivity (Wildman–Crippen MR) is 75.5 cm³/mol. The monoisotopic (exact) mass is 258 g/mol. The van der Waals surface area contributed by atoms with E-state index in [1.165, 1.54) is 32.1 Å². The maximum absolute atomic E-state index is 6.08. The average molecular weight is 258 g/mol. The molecule has 17 heavy (non-hydrogen) atoms. The second-order valence-corrected chi connectivity index (χ2v) is 10.3. The van der Waals surface area contributed by atoms with Gasteiger partial charge in [-0.25, -0.2) is 0 Å². The number of hydrogen-bond donors (Lipinski definition) is 0. The van der Waals surface area contributed by atoms with Gasteiger partial charge in [-0.2, -0.15) is 0 Å². The lowest BCUT2D eigenvalue weighted by atomic mass is 9.94. The van der Waals surface area contributed by atoms with Crippen LogP contribution in [-0.4, -0.2) is 22.8 Å². The second kappa shape index (κ2) is 5.85. The molecule has 0 aromatic carbocycles. The molecule has 0 radical (unpaired) electrons. The van der Waals surface area contributed by atoms with E-state index in [4.69, 9.17) is 8.85 Å². The third kappa shape index (κ3) is 2.47. The van der Waals surface area contributed by atoms with E-state index in [9.17, 15) is 0 Å². The Morgan fingerprint density at radius 3 is 2.00 bits per heavy atom. The Hall–Kier alpha value is 0.137. The van der Waals surface area contributed by atoms with E-state index < -0.39 is 8.56 Å². The van der Waals surface area contributed by atoms with Gasteiger partial charge in [-0.3, -0.25) is 0 Å². The molecule has 0 aliphatic heterocycles. The quantitative estimate of drug-likeness (QED) is 0.653. The molecule has 1 atom stereocenters. The van der Waals surface area contributed by atoms with Gasteiger partial charge in [0.15, 0.2) is 0 Å². The molecule has 3 heteroatoms. The Bertz CT molecular complexity index is 230. The van der Waals surface area contributed by atoms with E-state index in [0.29, 0.717) is 11.5 Å². The van der Waals surface area contributed by atoms with Crippen LogP contribution in [0.15, 0.2) is 0 Å². The van der Waals surface area contributed by atoms with Crippen LogP contribution in [0.2, 0.25) is 10.6 Å². The van der Waals surface area contributed by atoms with Gasteiger partial charge in [-0.15, -0.1) is 0 Å². The van der Waals surface area contributed by atoms with E-state index in [1.54, 1.807) is 0 Å². The molecule has 0 aromatic heterocycles. The van der Waals surface area contributed by atoms with Crippen LogP contribution in [0.1, 0.15) is 59.8 Å². The van der Waals surface area contributed by atoms with Crippen molar-refractivity contribution in [3.8, 4) is 0 Å². The fraction of sp³-hybridized carbons (Fsp3) is 1.00. The number of hydrogen-bond acceptors (Lipinski definition) is 2. The van der Waals surface area contributed by atoms with Crippen molar-refractivity contribution in [2.24, 2.45) is 5.92 Å². The van der Waals surface area contributed by atoms with Crippen molar-refractivity contribution < 1.29 is 8.85 Å². The zero-order valence-corrected chi connectivity index (χ0v) is 13.5. The fourth-order valence-electron chi connectivity index (χ4n) is 3.63. The third-order valence-corrected chi connectivity index (χ3v) is 10.4. The van der Waals surface area contributed by atoms with E-state index >= 15 is 0 Å². The van der Waals surface area contributed by atoms with Gasteiger partial charge < -0.3 is 8.85 Å². The van der Waals surface area contributed by atoms with Crippen LogP contribution in [0.5, 0.6) is 0 Å². The first-order valence-corrected chi connectivity index (χ1v) is 8.96. The lowest BCUT2D eigenvalue weighted by Gasteiger charge is -2.48. The van der Waals surface area contributed by atoms with Gasteiger partial charge in [-0.05, 0) is 18.8 Å². The molecule has 0 N–H and O–H groups in total. The van der Waals surface area contributed by atoms with Gasteiger partial charge in [0.2, 0.25) is 0 Å². The molecule has 1 fully saturated rings. The van der Waals surface area contributed by atoms with Crippen molar-refractivity contribution in [2.75, 3.05) is 14.2 Å². The van der Waals surface area contributed by atoms with E-state index in [0.717, 1.165) is 0 Å². The first-order valence-electron chi connectivity index (χ1n) is 7.06. The summed E-state index contributed by atoms with van der Waals surface area (Å²) in [6.07, 6.45) is 6.49. The molecular weight excluding hydrogens is 228 g/mol. The highest BCUT2D eigenvalue weighted by Gasteiger charge is 2.58. The average Bonchev–Trinajstić information content (AvgIpc) is 2.84. The van der Waals surface area contributed by atoms with Crippen LogP contribution in [-0.2, 0) is 8.85 Å². The van der Waals surface area contributed by atoms with Gasteiger partial charge in [-0.1, -0.05) is 47.0 Å². The Morgan fingerprint density at radius 1 is 1.18 bits per heavy atom. The largest absolute Gasteiger partial charge is 0.397 e. The predicted octanol–water partition coefficient (Wildman–Crippen LogP) is 4.49. The first-order chi connectivity index (χ1) is 7.96. The summed E-state index contributed by atoms with van der Waals surface area (Å²) in [7, 11) is 1.62. The summed E-state index contributed by atoms with van der Waals surface area (Å²) < 4.78 is 12.2. The van der Waals surface area contributed by atoms with Crippen LogP contribution in [0.25, 0.3) is 0 Å². The van der Waals surface area contributed by atoms with Crippen LogP contribution < -0.4 is 0 Å². The summed E-state index contributed by atoms with van der Waals surface area (Å²) >= 11 is 0. The molecule has 0 aromatic rings. The van der Waals surface area contributed by atoms with Gasteiger partial charge in [0, 0.05) is 24.8 Å². The van der Waals surface area contributed by atoms with Gasteiger partial charge in [0.05, 0.1) is 0 Å². The molecule has 1 aliphatic rings. The van der Waals surface area contributed by atoms with Crippen LogP contribution in [0, 0.1) is 5.92 Å². The van der Waals surface area contributed by atoms with E-state index in [-0.39, 0.29) is 5.04 Å². The van der Waals surface area contributed by atoms with Crippen molar-refractivity contribution in [1.29, 1.82) is 0 Å². The molecule has 102 valence electrons. The third-order valence-electron chi connectivity index (χ3n) is 5.24. The zero-order chi connectivity index (χ0) is 13.1. The highest BCUT2D eigenvalue weighted by atomic mass is 28.4. The molecule has 0 saturated heterocycles. The Labute approximate surface area is 108 Å². The Balaban J connectivity index is 3.04. The molecule has 2 nitrogen and oxygen atoms in total. The summed E-state index contributed by atoms with van der Waals surface area (Å²) in [4.78, 5) is 0. The van der Waals surface area contributed by atoms with Gasteiger partial charge in [0.25, 0.3) is 0 Å². The van der Waals surface area contributed by atoms with Gasteiger partial charge >= 0.3 is 8.56 Å². The summed E-state index contributed by atoms with van der Waals surface area (Å²) in [5.41, 5.74) is 0.682. The molecule has 0 amide bonds. The van der Waals surface area contributed by atoms with Crippen LogP contribution in [0.3, 0.4) is 0 Å². The molecular formula is C14H30O2Si. The summed E-state index contributed by atoms with van der Waals surface area (Å²) in [6, 6.07) is 0. The van der Waals surface area contributed by atoms with E-state index in [1.807, 2.05) is 14.2 Å². The lowest BCUT2D eigenvalue weighted by molar-refractivity contribution is 0.174. The van der Waals surface area contributed by atoms with Crippen molar-refractivity contribution in [3.05, 3.63) is 0 Å². The maximum atomic E-state index is 6.08. The smallest absolute Gasteiger partial charge is 0.346 e. The zero-order valence-electron chi connectivity index (χ0n) is 12.5. The summed E-state index contributed by atoms with van der Waals surface area (Å²) in [5.74, 6) is 0.648. The molecule has 1 saturated carbocycles. The molecule has 0 heterocycles. The van der Waals surface area contributed by atoms with Crippen molar-refractivity contribution in [1.82, 2.24) is 0 Å². The minimum absolute atomic E-state index is 0.181. The standard InChI is InChI=1S/C14H30O2Si/c1-7-12(2)14(3,4)17(15-5,16-6)13-10-8-9-11-13/h12-13H,7-11H2,1-6H3. The van der Waals surface area contributed by atoms with Crippen LogP contribution >= 0.6 is 0 Å². The molecule has 0 spiro atoms. The number of rotatable bonds is 6. The van der Waals surface area contributed by atoms with Gasteiger partial charge in [0.1, 0.15) is 0 Å².